The summed E-state index contributed by atoms with van der Waals surface area (Å²) in [7, 11) is -3.81. The van der Waals surface area contributed by atoms with Crippen molar-refractivity contribution in [3.05, 3.63) is 58.9 Å². The Morgan fingerprint density at radius 1 is 1.14 bits per heavy atom. The molecule has 0 aromatic heterocycles. The van der Waals surface area contributed by atoms with Crippen molar-refractivity contribution in [2.24, 2.45) is 5.14 Å². The average molecular weight is 330 g/mol. The number of hydrogen-bond donors (Lipinski definition) is 3. The third kappa shape index (κ3) is 4.89. The van der Waals surface area contributed by atoms with Crippen molar-refractivity contribution in [3.8, 4) is 0 Å². The van der Waals surface area contributed by atoms with Crippen molar-refractivity contribution in [1.82, 2.24) is 0 Å². The third-order valence-corrected chi connectivity index (χ3v) is 3.49. The molecule has 21 heavy (non-hydrogen) atoms. The first-order valence-corrected chi connectivity index (χ1v) is 7.84. The summed E-state index contributed by atoms with van der Waals surface area (Å²) in [5.74, 6) is -0.400. The lowest BCUT2D eigenvalue weighted by Crippen LogP contribution is -2.21. The maximum absolute atomic E-state index is 12.9. The van der Waals surface area contributed by atoms with E-state index in [-0.39, 0.29) is 0 Å². The van der Waals surface area contributed by atoms with Crippen LogP contribution in [0.4, 0.5) is 15.8 Å². The lowest BCUT2D eigenvalue weighted by molar-refractivity contribution is 0.603. The SMILES string of the molecule is NS(=O)(=O)Nc1cccc(NCc2ccc(F)cc2Cl)c1. The van der Waals surface area contributed by atoms with E-state index in [2.05, 4.69) is 10.0 Å². The van der Waals surface area contributed by atoms with Crippen molar-refractivity contribution in [2.45, 2.75) is 6.54 Å². The van der Waals surface area contributed by atoms with Gasteiger partial charge >= 0.3 is 0 Å². The summed E-state index contributed by atoms with van der Waals surface area (Å²) < 4.78 is 37.0. The van der Waals surface area contributed by atoms with E-state index in [0.29, 0.717) is 22.9 Å². The number of halogens is 2. The Morgan fingerprint density at radius 3 is 2.52 bits per heavy atom. The maximum Gasteiger partial charge on any atom is 0.296 e. The molecule has 0 aliphatic heterocycles. The van der Waals surface area contributed by atoms with Crippen molar-refractivity contribution >= 4 is 33.2 Å². The molecule has 0 aliphatic rings. The first-order chi connectivity index (χ1) is 9.83. The average Bonchev–Trinajstić information content (AvgIpc) is 2.36. The minimum atomic E-state index is -3.81. The van der Waals surface area contributed by atoms with Crippen LogP contribution in [0, 0.1) is 5.82 Å². The number of nitrogens with one attached hydrogen (secondary N) is 2. The molecule has 0 bridgehead atoms. The van der Waals surface area contributed by atoms with E-state index in [0.717, 1.165) is 5.56 Å². The highest BCUT2D eigenvalue weighted by atomic mass is 35.5. The Bertz CT molecular complexity index is 753. The number of hydrogen-bond acceptors (Lipinski definition) is 3. The molecule has 0 saturated carbocycles. The van der Waals surface area contributed by atoms with Gasteiger partial charge in [-0.15, -0.1) is 0 Å². The second-order valence-electron chi connectivity index (χ2n) is 4.32. The molecule has 0 aliphatic carbocycles. The van der Waals surface area contributed by atoms with Crippen LogP contribution in [0.25, 0.3) is 0 Å². The van der Waals surface area contributed by atoms with Gasteiger partial charge < -0.3 is 5.32 Å². The monoisotopic (exact) mass is 329 g/mol. The summed E-state index contributed by atoms with van der Waals surface area (Å²) in [6.07, 6.45) is 0. The van der Waals surface area contributed by atoms with Gasteiger partial charge in [-0.3, -0.25) is 4.72 Å². The molecule has 4 N–H and O–H groups in total. The van der Waals surface area contributed by atoms with E-state index < -0.39 is 16.0 Å². The molecular weight excluding hydrogens is 317 g/mol. The second kappa shape index (κ2) is 6.30. The van der Waals surface area contributed by atoms with Crippen LogP contribution >= 0.6 is 11.6 Å². The molecule has 2 aromatic carbocycles. The predicted molar refractivity (Wildman–Crippen MR) is 81.9 cm³/mol. The molecule has 5 nitrogen and oxygen atoms in total. The summed E-state index contributed by atoms with van der Waals surface area (Å²) in [5, 5.41) is 8.29. The predicted octanol–water partition coefficient (Wildman–Crippen LogP) is 2.71. The highest BCUT2D eigenvalue weighted by Crippen LogP contribution is 2.20. The second-order valence-corrected chi connectivity index (χ2v) is 6.02. The lowest BCUT2D eigenvalue weighted by atomic mass is 10.2. The molecule has 0 atom stereocenters. The Balaban J connectivity index is 2.08. The van der Waals surface area contributed by atoms with E-state index in [1.54, 1.807) is 30.3 Å². The van der Waals surface area contributed by atoms with Gasteiger partial charge in [0.05, 0.1) is 5.69 Å². The van der Waals surface area contributed by atoms with Crippen molar-refractivity contribution < 1.29 is 12.8 Å². The van der Waals surface area contributed by atoms with Crippen molar-refractivity contribution in [3.63, 3.8) is 0 Å². The minimum Gasteiger partial charge on any atom is -0.381 e. The Morgan fingerprint density at radius 2 is 1.86 bits per heavy atom. The zero-order chi connectivity index (χ0) is 15.5. The van der Waals surface area contributed by atoms with Gasteiger partial charge in [0.1, 0.15) is 5.82 Å². The molecule has 0 amide bonds. The maximum atomic E-state index is 12.9. The molecule has 112 valence electrons. The summed E-state index contributed by atoms with van der Waals surface area (Å²) in [6.45, 7) is 0.373. The molecule has 0 saturated heterocycles. The minimum absolute atomic E-state index is 0.321. The van der Waals surface area contributed by atoms with Crippen LogP contribution in [0.1, 0.15) is 5.56 Å². The smallest absolute Gasteiger partial charge is 0.296 e. The number of benzene rings is 2. The van der Waals surface area contributed by atoms with Crippen LogP contribution in [0.15, 0.2) is 42.5 Å². The Hall–Kier alpha value is -1.83. The number of nitrogens with two attached hydrogens (primary N) is 1. The quantitative estimate of drug-likeness (QED) is 0.788. The van der Waals surface area contributed by atoms with Crippen molar-refractivity contribution in [1.29, 1.82) is 0 Å². The highest BCUT2D eigenvalue weighted by molar-refractivity contribution is 7.90. The zero-order valence-electron chi connectivity index (χ0n) is 10.8. The fourth-order valence-electron chi connectivity index (χ4n) is 1.72. The molecule has 0 radical (unpaired) electrons. The first kappa shape index (κ1) is 15.6. The van der Waals surface area contributed by atoms with Crippen LogP contribution in [-0.4, -0.2) is 8.42 Å². The fraction of sp³-hybridized carbons (Fsp3) is 0.0769. The summed E-state index contributed by atoms with van der Waals surface area (Å²) in [5.41, 5.74) is 1.74. The van der Waals surface area contributed by atoms with Gasteiger partial charge in [-0.1, -0.05) is 23.7 Å². The Kier molecular flexibility index (Phi) is 4.66. The van der Waals surface area contributed by atoms with Gasteiger partial charge in [0.25, 0.3) is 10.2 Å². The number of anilines is 2. The largest absolute Gasteiger partial charge is 0.381 e. The van der Waals surface area contributed by atoms with Gasteiger partial charge in [-0.05, 0) is 35.9 Å². The van der Waals surface area contributed by atoms with Crippen LogP contribution < -0.4 is 15.2 Å². The van der Waals surface area contributed by atoms with Crippen LogP contribution in [0.5, 0.6) is 0 Å². The molecule has 2 aromatic rings. The Labute approximate surface area is 127 Å². The highest BCUT2D eigenvalue weighted by Gasteiger charge is 2.04. The van der Waals surface area contributed by atoms with Crippen LogP contribution in [0.3, 0.4) is 0 Å². The normalized spacial score (nSPS) is 11.2. The number of rotatable bonds is 5. The van der Waals surface area contributed by atoms with Gasteiger partial charge in [-0.2, -0.15) is 8.42 Å². The lowest BCUT2D eigenvalue weighted by Gasteiger charge is -2.10. The van der Waals surface area contributed by atoms with E-state index in [4.69, 9.17) is 16.7 Å². The van der Waals surface area contributed by atoms with Crippen LogP contribution in [0.2, 0.25) is 5.02 Å². The first-order valence-electron chi connectivity index (χ1n) is 5.92. The molecule has 8 heteroatoms. The molecule has 0 spiro atoms. The third-order valence-electron chi connectivity index (χ3n) is 2.62. The fourth-order valence-corrected chi connectivity index (χ4v) is 2.41. The van der Waals surface area contributed by atoms with Crippen LogP contribution in [-0.2, 0) is 16.8 Å². The van der Waals surface area contributed by atoms with E-state index in [1.165, 1.54) is 12.1 Å². The van der Waals surface area contributed by atoms with Gasteiger partial charge in [-0.25, -0.2) is 9.53 Å². The summed E-state index contributed by atoms with van der Waals surface area (Å²) in [4.78, 5) is 0. The van der Waals surface area contributed by atoms with E-state index >= 15 is 0 Å². The van der Waals surface area contributed by atoms with Gasteiger partial charge in [0.15, 0.2) is 0 Å². The molecule has 0 unspecified atom stereocenters. The molecule has 0 heterocycles. The standard InChI is InChI=1S/C13H13ClFN3O2S/c14-13-6-10(15)5-4-9(13)8-17-11-2-1-3-12(7-11)18-21(16,19)20/h1-7,17-18H,8H2,(H2,16,19,20). The molecule has 2 rings (SSSR count). The van der Waals surface area contributed by atoms with Crippen molar-refractivity contribution in [2.75, 3.05) is 10.0 Å². The zero-order valence-corrected chi connectivity index (χ0v) is 12.4. The van der Waals surface area contributed by atoms with Gasteiger partial charge in [0, 0.05) is 17.3 Å². The molecular formula is C13H13ClFN3O2S. The summed E-state index contributed by atoms with van der Waals surface area (Å²) >= 11 is 5.93. The van der Waals surface area contributed by atoms with E-state index in [9.17, 15) is 12.8 Å². The van der Waals surface area contributed by atoms with E-state index in [1.807, 2.05) is 0 Å². The topological polar surface area (TPSA) is 84.2 Å². The van der Waals surface area contributed by atoms with Gasteiger partial charge in [0.2, 0.25) is 0 Å². The summed E-state index contributed by atoms with van der Waals surface area (Å²) in [6, 6.07) is 10.7. The molecule has 0 fully saturated rings.